The molecule has 0 aliphatic carbocycles. The molecule has 122 valence electrons. The van der Waals surface area contributed by atoms with E-state index in [1.807, 2.05) is 31.2 Å². The molecule has 0 spiro atoms. The van der Waals surface area contributed by atoms with Gasteiger partial charge < -0.3 is 10.0 Å². The van der Waals surface area contributed by atoms with Crippen LogP contribution < -0.4 is 4.90 Å². The summed E-state index contributed by atoms with van der Waals surface area (Å²) in [4.78, 5) is 24.7. The number of carbonyl (C=O) groups excluding carboxylic acids is 1. The lowest BCUT2D eigenvalue weighted by Gasteiger charge is -2.22. The normalized spacial score (nSPS) is 10.5. The number of aliphatic carboxylic acids is 1. The molecule has 0 saturated heterocycles. The van der Waals surface area contributed by atoms with Crippen molar-refractivity contribution in [2.45, 2.75) is 58.8 Å². The molecule has 0 aliphatic heterocycles. The molecule has 1 amide bonds. The molecule has 0 radical (unpaired) electrons. The monoisotopic (exact) mass is 305 g/mol. The molecule has 4 heteroatoms. The van der Waals surface area contributed by atoms with Gasteiger partial charge in [0, 0.05) is 18.7 Å². The Morgan fingerprint density at radius 1 is 1.00 bits per heavy atom. The minimum Gasteiger partial charge on any atom is -0.481 e. The second kappa shape index (κ2) is 9.98. The van der Waals surface area contributed by atoms with Crippen LogP contribution in [0.3, 0.4) is 0 Å². The number of anilines is 1. The average Bonchev–Trinajstić information content (AvgIpc) is 2.51. The average molecular weight is 305 g/mol. The van der Waals surface area contributed by atoms with Gasteiger partial charge in [-0.05, 0) is 37.0 Å². The van der Waals surface area contributed by atoms with Crippen molar-refractivity contribution < 1.29 is 14.7 Å². The van der Waals surface area contributed by atoms with E-state index in [1.165, 1.54) is 5.56 Å². The Balaban J connectivity index is 2.79. The number of nitrogens with zero attached hydrogens (tertiary/aromatic N) is 1. The van der Waals surface area contributed by atoms with Crippen molar-refractivity contribution >= 4 is 17.6 Å². The molecule has 0 atom stereocenters. The Morgan fingerprint density at radius 3 is 2.18 bits per heavy atom. The van der Waals surface area contributed by atoms with E-state index in [-0.39, 0.29) is 18.9 Å². The van der Waals surface area contributed by atoms with Gasteiger partial charge in [0.25, 0.3) is 0 Å². The number of hydrogen-bond acceptors (Lipinski definition) is 2. The zero-order valence-electron chi connectivity index (χ0n) is 13.7. The fourth-order valence-electron chi connectivity index (χ4n) is 2.29. The van der Waals surface area contributed by atoms with Crippen LogP contribution in [-0.4, -0.2) is 23.5 Å². The summed E-state index contributed by atoms with van der Waals surface area (Å²) in [5.41, 5.74) is 2.05. The van der Waals surface area contributed by atoms with Crippen LogP contribution in [0.25, 0.3) is 0 Å². The second-order valence-electron chi connectivity index (χ2n) is 5.56. The van der Waals surface area contributed by atoms with Crippen LogP contribution in [0, 0.1) is 0 Å². The second-order valence-corrected chi connectivity index (χ2v) is 5.56. The SMILES string of the molecule is CCCCC(=O)N(CCC(=O)O)c1ccc(CCCC)cc1. The largest absolute Gasteiger partial charge is 0.481 e. The van der Waals surface area contributed by atoms with E-state index in [9.17, 15) is 9.59 Å². The summed E-state index contributed by atoms with van der Waals surface area (Å²) in [7, 11) is 0. The highest BCUT2D eigenvalue weighted by atomic mass is 16.4. The van der Waals surface area contributed by atoms with Crippen molar-refractivity contribution in [1.82, 2.24) is 0 Å². The van der Waals surface area contributed by atoms with Crippen LogP contribution in [0.4, 0.5) is 5.69 Å². The van der Waals surface area contributed by atoms with Gasteiger partial charge in [-0.2, -0.15) is 0 Å². The fourth-order valence-corrected chi connectivity index (χ4v) is 2.29. The fraction of sp³-hybridized carbons (Fsp3) is 0.556. The summed E-state index contributed by atoms with van der Waals surface area (Å²) in [6.45, 7) is 4.43. The number of unbranched alkanes of at least 4 members (excludes halogenated alkanes) is 2. The van der Waals surface area contributed by atoms with Gasteiger partial charge in [-0.15, -0.1) is 0 Å². The highest BCUT2D eigenvalue weighted by Crippen LogP contribution is 2.18. The molecular weight excluding hydrogens is 278 g/mol. The molecule has 4 nitrogen and oxygen atoms in total. The number of benzene rings is 1. The first kappa shape index (κ1) is 18.2. The van der Waals surface area contributed by atoms with Gasteiger partial charge in [-0.3, -0.25) is 9.59 Å². The van der Waals surface area contributed by atoms with Crippen LogP contribution in [-0.2, 0) is 16.0 Å². The molecule has 0 heterocycles. The summed E-state index contributed by atoms with van der Waals surface area (Å²) in [5.74, 6) is -0.878. The first-order valence-electron chi connectivity index (χ1n) is 8.19. The Morgan fingerprint density at radius 2 is 1.64 bits per heavy atom. The number of carboxylic acid groups (broad SMARTS) is 1. The van der Waals surface area contributed by atoms with Crippen molar-refractivity contribution in [2.75, 3.05) is 11.4 Å². The van der Waals surface area contributed by atoms with E-state index in [0.29, 0.717) is 6.42 Å². The molecular formula is C18H27NO3. The molecule has 0 bridgehead atoms. The third kappa shape index (κ3) is 6.29. The van der Waals surface area contributed by atoms with Gasteiger partial charge in [-0.25, -0.2) is 0 Å². The highest BCUT2D eigenvalue weighted by molar-refractivity contribution is 5.93. The minimum absolute atomic E-state index is 0.00408. The molecule has 0 aromatic heterocycles. The van der Waals surface area contributed by atoms with Crippen molar-refractivity contribution in [3.63, 3.8) is 0 Å². The van der Waals surface area contributed by atoms with Crippen LogP contribution >= 0.6 is 0 Å². The topological polar surface area (TPSA) is 57.6 Å². The number of amides is 1. The molecule has 0 fully saturated rings. The molecule has 22 heavy (non-hydrogen) atoms. The summed E-state index contributed by atoms with van der Waals surface area (Å²) in [6.07, 6.45) is 5.56. The maximum Gasteiger partial charge on any atom is 0.305 e. The molecule has 0 unspecified atom stereocenters. The standard InChI is InChI=1S/C18H27NO3/c1-3-5-7-15-9-11-16(12-10-15)19(14-13-18(21)22)17(20)8-6-4-2/h9-12H,3-8,13-14H2,1-2H3,(H,21,22). The van der Waals surface area contributed by atoms with Gasteiger partial charge in [0.2, 0.25) is 5.91 Å². The highest BCUT2D eigenvalue weighted by Gasteiger charge is 2.16. The summed E-state index contributed by atoms with van der Waals surface area (Å²) in [5, 5.41) is 8.87. The molecule has 1 aromatic rings. The van der Waals surface area contributed by atoms with E-state index in [4.69, 9.17) is 5.11 Å². The van der Waals surface area contributed by atoms with Gasteiger partial charge >= 0.3 is 5.97 Å². The first-order chi connectivity index (χ1) is 10.6. The van der Waals surface area contributed by atoms with Crippen LogP contribution in [0.2, 0.25) is 0 Å². The lowest BCUT2D eigenvalue weighted by atomic mass is 10.1. The summed E-state index contributed by atoms with van der Waals surface area (Å²) < 4.78 is 0. The number of aryl methyl sites for hydroxylation is 1. The molecule has 1 N–H and O–H groups in total. The predicted molar refractivity (Wildman–Crippen MR) is 89.2 cm³/mol. The van der Waals surface area contributed by atoms with Crippen molar-refractivity contribution in [1.29, 1.82) is 0 Å². The third-order valence-corrected chi connectivity index (χ3v) is 3.66. The zero-order valence-corrected chi connectivity index (χ0v) is 13.7. The van der Waals surface area contributed by atoms with Gasteiger partial charge in [0.05, 0.1) is 6.42 Å². The van der Waals surface area contributed by atoms with Crippen LogP contribution in [0.1, 0.15) is 57.9 Å². The molecule has 0 aliphatic rings. The van der Waals surface area contributed by atoms with Crippen LogP contribution in [0.5, 0.6) is 0 Å². The summed E-state index contributed by atoms with van der Waals surface area (Å²) in [6, 6.07) is 7.92. The number of carboxylic acids is 1. The van der Waals surface area contributed by atoms with Crippen molar-refractivity contribution in [3.8, 4) is 0 Å². The molecule has 1 rings (SSSR count). The van der Waals surface area contributed by atoms with E-state index >= 15 is 0 Å². The Labute approximate surface area is 133 Å². The Hall–Kier alpha value is -1.84. The number of carbonyl (C=O) groups is 2. The molecule has 1 aromatic carbocycles. The van der Waals surface area contributed by atoms with Crippen molar-refractivity contribution in [3.05, 3.63) is 29.8 Å². The van der Waals surface area contributed by atoms with Gasteiger partial charge in [0.1, 0.15) is 0 Å². The predicted octanol–water partition coefficient (Wildman–Crippen LogP) is 4.03. The lowest BCUT2D eigenvalue weighted by Crippen LogP contribution is -2.32. The van der Waals surface area contributed by atoms with E-state index in [0.717, 1.165) is 37.8 Å². The third-order valence-electron chi connectivity index (χ3n) is 3.66. The van der Waals surface area contributed by atoms with Crippen LogP contribution in [0.15, 0.2) is 24.3 Å². The zero-order chi connectivity index (χ0) is 16.4. The number of rotatable bonds is 10. The van der Waals surface area contributed by atoms with Crippen molar-refractivity contribution in [2.24, 2.45) is 0 Å². The Bertz CT molecular complexity index is 468. The molecule has 0 saturated carbocycles. The summed E-state index contributed by atoms with van der Waals surface area (Å²) >= 11 is 0. The number of hydrogen-bond donors (Lipinski definition) is 1. The smallest absolute Gasteiger partial charge is 0.305 e. The lowest BCUT2D eigenvalue weighted by molar-refractivity contribution is -0.136. The van der Waals surface area contributed by atoms with E-state index in [2.05, 4.69) is 6.92 Å². The quantitative estimate of drug-likeness (QED) is 0.710. The van der Waals surface area contributed by atoms with E-state index in [1.54, 1.807) is 4.90 Å². The van der Waals surface area contributed by atoms with Gasteiger partial charge in [0.15, 0.2) is 0 Å². The first-order valence-corrected chi connectivity index (χ1v) is 8.19. The van der Waals surface area contributed by atoms with Gasteiger partial charge in [-0.1, -0.05) is 38.8 Å². The van der Waals surface area contributed by atoms with E-state index < -0.39 is 5.97 Å². The maximum absolute atomic E-state index is 12.3. The Kier molecular flexibility index (Phi) is 8.26. The minimum atomic E-state index is -0.882. The maximum atomic E-state index is 12.3.